The van der Waals surface area contributed by atoms with Crippen LogP contribution in [0.15, 0.2) is 54.6 Å². The fourth-order valence-corrected chi connectivity index (χ4v) is 3.02. The summed E-state index contributed by atoms with van der Waals surface area (Å²) < 4.78 is 10.0. The van der Waals surface area contributed by atoms with Crippen LogP contribution < -0.4 is 10.1 Å². The van der Waals surface area contributed by atoms with Gasteiger partial charge in [0.15, 0.2) is 0 Å². The zero-order valence-corrected chi connectivity index (χ0v) is 16.3. The van der Waals surface area contributed by atoms with Crippen molar-refractivity contribution < 1.29 is 24.0 Å². The van der Waals surface area contributed by atoms with Gasteiger partial charge in [-0.2, -0.15) is 0 Å². The van der Waals surface area contributed by atoms with E-state index < -0.39 is 22.8 Å². The van der Waals surface area contributed by atoms with Gasteiger partial charge in [-0.1, -0.05) is 24.3 Å². The van der Waals surface area contributed by atoms with Gasteiger partial charge in [-0.25, -0.2) is 9.78 Å². The highest BCUT2D eigenvalue weighted by molar-refractivity contribution is 5.97. The number of hydrogen-bond acceptors (Lipinski definition) is 7. The zero-order valence-electron chi connectivity index (χ0n) is 16.3. The highest BCUT2D eigenvalue weighted by atomic mass is 16.6. The maximum absolute atomic E-state index is 12.7. The molecule has 1 amide bonds. The predicted octanol–water partition coefficient (Wildman–Crippen LogP) is 2.67. The Bertz CT molecular complexity index is 1110. The van der Waals surface area contributed by atoms with Crippen molar-refractivity contribution in [1.82, 2.24) is 10.3 Å². The number of nitrogens with one attached hydrogen (secondary N) is 1. The third-order valence-electron chi connectivity index (χ3n) is 4.52. The molecule has 0 aliphatic rings. The predicted molar refractivity (Wildman–Crippen MR) is 108 cm³/mol. The number of carbonyl (C=O) groups excluding carboxylic acids is 2. The summed E-state index contributed by atoms with van der Waals surface area (Å²) in [7, 11) is 2.61. The molecule has 154 valence electrons. The quantitative estimate of drug-likeness (QED) is 0.362. The number of benzene rings is 2. The van der Waals surface area contributed by atoms with E-state index >= 15 is 0 Å². The number of ether oxygens (including phenoxy) is 2. The van der Waals surface area contributed by atoms with Crippen LogP contribution in [0.5, 0.6) is 5.75 Å². The van der Waals surface area contributed by atoms with Crippen molar-refractivity contribution in [3.05, 3.63) is 76.0 Å². The molecule has 0 saturated carbocycles. The molecule has 0 aliphatic heterocycles. The second-order valence-corrected chi connectivity index (χ2v) is 6.40. The molecule has 3 rings (SSSR count). The SMILES string of the molecule is COC(=O)[C@H](Cc1cc([N+](=O)[O-])ccc1OC)NC(=O)c1ccc2ccccc2n1. The first-order chi connectivity index (χ1) is 14.4. The molecule has 1 heterocycles. The first kappa shape index (κ1) is 20.7. The number of pyridine rings is 1. The van der Waals surface area contributed by atoms with E-state index in [0.717, 1.165) is 5.39 Å². The second-order valence-electron chi connectivity index (χ2n) is 6.40. The number of rotatable bonds is 7. The van der Waals surface area contributed by atoms with Crippen molar-refractivity contribution in [3.8, 4) is 5.75 Å². The van der Waals surface area contributed by atoms with Crippen LogP contribution in [0.1, 0.15) is 16.1 Å². The van der Waals surface area contributed by atoms with E-state index in [1.807, 2.05) is 18.2 Å². The Balaban J connectivity index is 1.87. The minimum absolute atomic E-state index is 0.0587. The molecule has 0 spiro atoms. The first-order valence-electron chi connectivity index (χ1n) is 8.98. The lowest BCUT2D eigenvalue weighted by Gasteiger charge is -2.18. The number of methoxy groups -OCH3 is 2. The molecule has 0 unspecified atom stereocenters. The molecular formula is C21H19N3O6. The Kier molecular flexibility index (Phi) is 6.21. The maximum atomic E-state index is 12.7. The van der Waals surface area contributed by atoms with Crippen molar-refractivity contribution in [1.29, 1.82) is 0 Å². The summed E-state index contributed by atoms with van der Waals surface area (Å²) in [5.41, 5.74) is 1.000. The van der Waals surface area contributed by atoms with Gasteiger partial charge in [-0.15, -0.1) is 0 Å². The highest BCUT2D eigenvalue weighted by Crippen LogP contribution is 2.25. The van der Waals surface area contributed by atoms with E-state index in [2.05, 4.69) is 10.3 Å². The summed E-state index contributed by atoms with van der Waals surface area (Å²) in [6.45, 7) is 0. The number of carbonyl (C=O) groups is 2. The normalized spacial score (nSPS) is 11.5. The van der Waals surface area contributed by atoms with Crippen LogP contribution in [0.3, 0.4) is 0 Å². The molecule has 1 aromatic heterocycles. The van der Waals surface area contributed by atoms with Crippen molar-refractivity contribution in [2.24, 2.45) is 0 Å². The number of fused-ring (bicyclic) bond motifs is 1. The van der Waals surface area contributed by atoms with Crippen LogP contribution in [-0.2, 0) is 16.0 Å². The Hall–Kier alpha value is -4.01. The molecule has 30 heavy (non-hydrogen) atoms. The summed E-state index contributed by atoms with van der Waals surface area (Å²) >= 11 is 0. The van der Waals surface area contributed by atoms with Gasteiger partial charge in [-0.05, 0) is 18.2 Å². The molecule has 0 aliphatic carbocycles. The van der Waals surface area contributed by atoms with Crippen molar-refractivity contribution >= 4 is 28.5 Å². The topological polar surface area (TPSA) is 121 Å². The lowest BCUT2D eigenvalue weighted by atomic mass is 10.0. The van der Waals surface area contributed by atoms with Gasteiger partial charge < -0.3 is 14.8 Å². The molecule has 2 aromatic carbocycles. The minimum Gasteiger partial charge on any atom is -0.496 e. The van der Waals surface area contributed by atoms with Crippen molar-refractivity contribution in [2.45, 2.75) is 12.5 Å². The zero-order chi connectivity index (χ0) is 21.7. The molecule has 0 radical (unpaired) electrons. The van der Waals surface area contributed by atoms with Crippen molar-refractivity contribution in [2.75, 3.05) is 14.2 Å². The van der Waals surface area contributed by atoms with Gasteiger partial charge in [0.05, 0.1) is 24.7 Å². The third kappa shape index (κ3) is 4.52. The number of nitro groups is 1. The molecular weight excluding hydrogens is 390 g/mol. The van der Waals surface area contributed by atoms with Gasteiger partial charge in [0.25, 0.3) is 11.6 Å². The van der Waals surface area contributed by atoms with E-state index in [4.69, 9.17) is 9.47 Å². The standard InChI is InChI=1S/C21H19N3O6/c1-29-19-10-8-15(24(27)28)11-14(19)12-18(21(26)30-2)23-20(25)17-9-7-13-5-3-4-6-16(13)22-17/h3-11,18H,12H2,1-2H3,(H,23,25)/t18-/m0/s1. The molecule has 0 bridgehead atoms. The Morgan fingerprint density at radius 2 is 1.90 bits per heavy atom. The Morgan fingerprint density at radius 1 is 1.13 bits per heavy atom. The number of hydrogen-bond donors (Lipinski definition) is 1. The number of amides is 1. The van der Waals surface area contributed by atoms with Crippen LogP contribution in [0, 0.1) is 10.1 Å². The Labute approximate surface area is 171 Å². The average Bonchev–Trinajstić information content (AvgIpc) is 2.77. The monoisotopic (exact) mass is 409 g/mol. The number of aromatic nitrogens is 1. The van der Waals surface area contributed by atoms with Gasteiger partial charge in [0.1, 0.15) is 17.5 Å². The number of non-ortho nitro benzene ring substituents is 1. The minimum atomic E-state index is -1.09. The average molecular weight is 409 g/mol. The maximum Gasteiger partial charge on any atom is 0.328 e. The molecule has 1 atom stereocenters. The summed E-state index contributed by atoms with van der Waals surface area (Å²) in [6, 6.07) is 13.6. The molecule has 9 heteroatoms. The largest absolute Gasteiger partial charge is 0.496 e. The van der Waals surface area contributed by atoms with Gasteiger partial charge in [0.2, 0.25) is 0 Å². The van der Waals surface area contributed by atoms with Gasteiger partial charge in [0, 0.05) is 29.5 Å². The summed E-state index contributed by atoms with van der Waals surface area (Å²) in [6.07, 6.45) is -0.0587. The molecule has 0 fully saturated rings. The van der Waals surface area contributed by atoms with E-state index in [1.165, 1.54) is 32.4 Å². The van der Waals surface area contributed by atoms with Crippen LogP contribution in [0.25, 0.3) is 10.9 Å². The second kappa shape index (κ2) is 8.99. The number of para-hydroxylation sites is 1. The van der Waals surface area contributed by atoms with Gasteiger partial charge >= 0.3 is 5.97 Å². The summed E-state index contributed by atoms with van der Waals surface area (Å²) in [4.78, 5) is 39.9. The number of nitro benzene ring substituents is 1. The molecule has 3 aromatic rings. The summed E-state index contributed by atoms with van der Waals surface area (Å²) in [5.74, 6) is -0.911. The highest BCUT2D eigenvalue weighted by Gasteiger charge is 2.25. The summed E-state index contributed by atoms with van der Waals surface area (Å²) in [5, 5.41) is 14.6. The number of esters is 1. The van der Waals surface area contributed by atoms with E-state index in [1.54, 1.807) is 18.2 Å². The molecule has 9 nitrogen and oxygen atoms in total. The fourth-order valence-electron chi connectivity index (χ4n) is 3.02. The first-order valence-corrected chi connectivity index (χ1v) is 8.98. The van der Waals surface area contributed by atoms with E-state index in [-0.39, 0.29) is 17.8 Å². The fraction of sp³-hybridized carbons (Fsp3) is 0.190. The third-order valence-corrected chi connectivity index (χ3v) is 4.52. The van der Waals surface area contributed by atoms with Crippen LogP contribution in [0.4, 0.5) is 5.69 Å². The van der Waals surface area contributed by atoms with Crippen molar-refractivity contribution in [3.63, 3.8) is 0 Å². The van der Waals surface area contributed by atoms with E-state index in [9.17, 15) is 19.7 Å². The smallest absolute Gasteiger partial charge is 0.328 e. The van der Waals surface area contributed by atoms with Crippen LogP contribution in [-0.4, -0.2) is 42.0 Å². The lowest BCUT2D eigenvalue weighted by Crippen LogP contribution is -2.43. The Morgan fingerprint density at radius 3 is 2.60 bits per heavy atom. The van der Waals surface area contributed by atoms with Gasteiger partial charge in [-0.3, -0.25) is 14.9 Å². The number of nitrogens with zero attached hydrogens (tertiary/aromatic N) is 2. The van der Waals surface area contributed by atoms with E-state index in [0.29, 0.717) is 16.8 Å². The molecule has 0 saturated heterocycles. The molecule has 1 N–H and O–H groups in total. The lowest BCUT2D eigenvalue weighted by molar-refractivity contribution is -0.384. The van der Waals surface area contributed by atoms with Crippen LogP contribution >= 0.6 is 0 Å². The van der Waals surface area contributed by atoms with Crippen LogP contribution in [0.2, 0.25) is 0 Å².